The lowest BCUT2D eigenvalue weighted by atomic mass is 10.2. The van der Waals surface area contributed by atoms with Crippen LogP contribution in [0.4, 0.5) is 4.39 Å². The largest absolute Gasteiger partial charge is 0.330 e. The number of unbranched alkanes of at least 4 members (excludes halogenated alkanes) is 1. The van der Waals surface area contributed by atoms with Gasteiger partial charge in [-0.15, -0.1) is 0 Å². The van der Waals surface area contributed by atoms with Crippen molar-refractivity contribution in [3.05, 3.63) is 47.9 Å². The van der Waals surface area contributed by atoms with Crippen molar-refractivity contribution in [1.29, 1.82) is 0 Å². The first-order chi connectivity index (χ1) is 10.7. The smallest absolute Gasteiger partial charge is 0.160 e. The monoisotopic (exact) mass is 298 g/mol. The second-order valence-electron chi connectivity index (χ2n) is 5.45. The van der Waals surface area contributed by atoms with Crippen LogP contribution in [-0.4, -0.2) is 21.1 Å². The Kier molecular flexibility index (Phi) is 4.15. The van der Waals surface area contributed by atoms with E-state index < -0.39 is 0 Å². The van der Waals surface area contributed by atoms with Crippen LogP contribution in [-0.2, 0) is 6.54 Å². The molecule has 5 heteroatoms. The Morgan fingerprint density at radius 1 is 1.23 bits per heavy atom. The van der Waals surface area contributed by atoms with E-state index in [0.717, 1.165) is 47.5 Å². The number of rotatable bonds is 5. The highest BCUT2D eigenvalue weighted by Gasteiger charge is 2.14. The number of aryl methyl sites for hydroxylation is 2. The average molecular weight is 298 g/mol. The van der Waals surface area contributed by atoms with Crippen LogP contribution in [0, 0.1) is 12.7 Å². The van der Waals surface area contributed by atoms with Crippen molar-refractivity contribution in [3.8, 4) is 11.4 Å². The van der Waals surface area contributed by atoms with Crippen molar-refractivity contribution >= 4 is 11.2 Å². The van der Waals surface area contributed by atoms with Crippen LogP contribution in [0.2, 0.25) is 0 Å². The van der Waals surface area contributed by atoms with Gasteiger partial charge in [0.25, 0.3) is 0 Å². The SMILES string of the molecule is Cc1cnc2c(c1)nc(-c1cccc(F)c1)n2CCCCN. The summed E-state index contributed by atoms with van der Waals surface area (Å²) < 4.78 is 15.6. The summed E-state index contributed by atoms with van der Waals surface area (Å²) in [5.74, 6) is 0.492. The molecule has 0 atom stereocenters. The van der Waals surface area contributed by atoms with E-state index in [1.807, 2.05) is 25.3 Å². The molecule has 0 radical (unpaired) electrons. The summed E-state index contributed by atoms with van der Waals surface area (Å²) >= 11 is 0. The molecular weight excluding hydrogens is 279 g/mol. The molecule has 2 heterocycles. The van der Waals surface area contributed by atoms with Gasteiger partial charge in [-0.25, -0.2) is 14.4 Å². The molecule has 0 amide bonds. The summed E-state index contributed by atoms with van der Waals surface area (Å²) in [6, 6.07) is 8.52. The topological polar surface area (TPSA) is 56.7 Å². The van der Waals surface area contributed by atoms with Gasteiger partial charge in [0, 0.05) is 18.3 Å². The lowest BCUT2D eigenvalue weighted by Gasteiger charge is -2.08. The third kappa shape index (κ3) is 2.85. The second-order valence-corrected chi connectivity index (χ2v) is 5.45. The Bertz CT molecular complexity index is 794. The summed E-state index contributed by atoms with van der Waals surface area (Å²) in [6.07, 6.45) is 3.72. The molecule has 0 aliphatic heterocycles. The maximum absolute atomic E-state index is 13.5. The Labute approximate surface area is 128 Å². The molecule has 22 heavy (non-hydrogen) atoms. The van der Waals surface area contributed by atoms with Gasteiger partial charge in [0.05, 0.1) is 0 Å². The number of hydrogen-bond acceptors (Lipinski definition) is 3. The number of benzene rings is 1. The Morgan fingerprint density at radius 2 is 2.09 bits per heavy atom. The van der Waals surface area contributed by atoms with Crippen LogP contribution in [0.25, 0.3) is 22.6 Å². The predicted molar refractivity (Wildman–Crippen MR) is 85.9 cm³/mol. The van der Waals surface area contributed by atoms with Gasteiger partial charge >= 0.3 is 0 Å². The number of nitrogens with two attached hydrogens (primary N) is 1. The van der Waals surface area contributed by atoms with Crippen LogP contribution < -0.4 is 5.73 Å². The van der Waals surface area contributed by atoms with Gasteiger partial charge in [-0.2, -0.15) is 0 Å². The molecule has 0 spiro atoms. The highest BCUT2D eigenvalue weighted by atomic mass is 19.1. The molecule has 4 nitrogen and oxygen atoms in total. The minimum Gasteiger partial charge on any atom is -0.330 e. The maximum atomic E-state index is 13.5. The maximum Gasteiger partial charge on any atom is 0.160 e. The average Bonchev–Trinajstić information content (AvgIpc) is 2.85. The third-order valence-corrected chi connectivity index (χ3v) is 3.64. The molecule has 1 aromatic carbocycles. The fourth-order valence-electron chi connectivity index (χ4n) is 2.59. The third-order valence-electron chi connectivity index (χ3n) is 3.64. The molecule has 3 aromatic rings. The Morgan fingerprint density at radius 3 is 2.86 bits per heavy atom. The Hall–Kier alpha value is -2.27. The van der Waals surface area contributed by atoms with Gasteiger partial charge in [-0.3, -0.25) is 0 Å². The molecule has 0 saturated heterocycles. The van der Waals surface area contributed by atoms with Crippen LogP contribution in [0.1, 0.15) is 18.4 Å². The van der Waals surface area contributed by atoms with Gasteiger partial charge in [0.15, 0.2) is 5.65 Å². The molecule has 0 unspecified atom stereocenters. The van der Waals surface area contributed by atoms with E-state index in [4.69, 9.17) is 5.73 Å². The van der Waals surface area contributed by atoms with E-state index in [0.29, 0.717) is 6.54 Å². The van der Waals surface area contributed by atoms with E-state index in [2.05, 4.69) is 14.5 Å². The van der Waals surface area contributed by atoms with Crippen LogP contribution >= 0.6 is 0 Å². The normalized spacial score (nSPS) is 11.2. The van der Waals surface area contributed by atoms with E-state index >= 15 is 0 Å². The van der Waals surface area contributed by atoms with Crippen molar-refractivity contribution in [2.75, 3.05) is 6.54 Å². The number of imidazole rings is 1. The Balaban J connectivity index is 2.12. The molecule has 0 saturated carbocycles. The van der Waals surface area contributed by atoms with E-state index in [1.165, 1.54) is 12.1 Å². The molecule has 0 fully saturated rings. The van der Waals surface area contributed by atoms with Crippen LogP contribution in [0.5, 0.6) is 0 Å². The quantitative estimate of drug-likeness (QED) is 0.735. The lowest BCUT2D eigenvalue weighted by Crippen LogP contribution is -2.05. The fourth-order valence-corrected chi connectivity index (χ4v) is 2.59. The number of pyridine rings is 1. The van der Waals surface area contributed by atoms with Gasteiger partial charge in [0.2, 0.25) is 0 Å². The molecule has 0 aliphatic rings. The highest BCUT2D eigenvalue weighted by molar-refractivity contribution is 5.77. The van der Waals surface area contributed by atoms with Crippen molar-refractivity contribution in [2.45, 2.75) is 26.3 Å². The summed E-state index contributed by atoms with van der Waals surface area (Å²) in [5.41, 5.74) is 9.08. The van der Waals surface area contributed by atoms with Gasteiger partial charge < -0.3 is 10.3 Å². The minimum absolute atomic E-state index is 0.262. The van der Waals surface area contributed by atoms with Gasteiger partial charge in [-0.05, 0) is 50.1 Å². The van der Waals surface area contributed by atoms with E-state index in [9.17, 15) is 4.39 Å². The molecule has 114 valence electrons. The van der Waals surface area contributed by atoms with Crippen molar-refractivity contribution in [1.82, 2.24) is 14.5 Å². The highest BCUT2D eigenvalue weighted by Crippen LogP contribution is 2.25. The number of halogens is 1. The molecule has 0 aliphatic carbocycles. The molecule has 2 N–H and O–H groups in total. The first kappa shape index (κ1) is 14.7. The number of aromatic nitrogens is 3. The lowest BCUT2D eigenvalue weighted by molar-refractivity contribution is 0.622. The zero-order valence-electron chi connectivity index (χ0n) is 12.6. The zero-order valence-corrected chi connectivity index (χ0v) is 12.6. The summed E-state index contributed by atoms with van der Waals surface area (Å²) in [5, 5.41) is 0. The number of nitrogens with zero attached hydrogens (tertiary/aromatic N) is 3. The summed E-state index contributed by atoms with van der Waals surface area (Å²) in [6.45, 7) is 3.42. The van der Waals surface area contributed by atoms with E-state index in [-0.39, 0.29) is 5.82 Å². The first-order valence-corrected chi connectivity index (χ1v) is 7.48. The second kappa shape index (κ2) is 6.23. The number of fused-ring (bicyclic) bond motifs is 1. The molecule has 0 bridgehead atoms. The zero-order chi connectivity index (χ0) is 15.5. The summed E-state index contributed by atoms with van der Waals surface area (Å²) in [4.78, 5) is 9.17. The van der Waals surface area contributed by atoms with Crippen molar-refractivity contribution in [2.24, 2.45) is 5.73 Å². The molecule has 3 rings (SSSR count). The number of hydrogen-bond donors (Lipinski definition) is 1. The molecule has 2 aromatic heterocycles. The first-order valence-electron chi connectivity index (χ1n) is 7.48. The van der Waals surface area contributed by atoms with E-state index in [1.54, 1.807) is 6.07 Å². The van der Waals surface area contributed by atoms with Crippen molar-refractivity contribution in [3.63, 3.8) is 0 Å². The van der Waals surface area contributed by atoms with Gasteiger partial charge in [0.1, 0.15) is 17.2 Å². The van der Waals surface area contributed by atoms with Crippen LogP contribution in [0.15, 0.2) is 36.5 Å². The minimum atomic E-state index is -0.262. The molecular formula is C17H19FN4. The van der Waals surface area contributed by atoms with Crippen molar-refractivity contribution < 1.29 is 4.39 Å². The van der Waals surface area contributed by atoms with Gasteiger partial charge in [-0.1, -0.05) is 12.1 Å². The standard InChI is InChI=1S/C17H19FN4/c1-12-9-15-17(20-11-12)22(8-3-2-7-19)16(21-15)13-5-4-6-14(18)10-13/h4-6,9-11H,2-3,7-8,19H2,1H3. The summed E-state index contributed by atoms with van der Waals surface area (Å²) in [7, 11) is 0. The predicted octanol–water partition coefficient (Wildman–Crippen LogP) is 3.28. The van der Waals surface area contributed by atoms with Crippen LogP contribution in [0.3, 0.4) is 0 Å². The fraction of sp³-hybridized carbons (Fsp3) is 0.294.